The number of halogens is 2. The molecular weight excluding hydrogens is 269 g/mol. The second-order valence-corrected chi connectivity index (χ2v) is 4.95. The number of aryl methyl sites for hydroxylation is 1. The van der Waals surface area contributed by atoms with Crippen LogP contribution in [0.4, 0.5) is 0 Å². The first-order valence-corrected chi connectivity index (χ1v) is 6.15. The van der Waals surface area contributed by atoms with E-state index in [-0.39, 0.29) is 0 Å². The molecule has 0 aliphatic heterocycles. The standard InChI is InChI=1S/C13H9Cl2N3/c1-7-3-2-4-11-17-10-6-8(14)5-9(15)12(10)13(16)18(7)11/h2-6,16H,1H3. The number of nitrogens with zero attached hydrogens (tertiary/aromatic N) is 2. The predicted octanol–water partition coefficient (Wildman–Crippen LogP) is 3.58. The van der Waals surface area contributed by atoms with Crippen molar-refractivity contribution < 1.29 is 0 Å². The number of rotatable bonds is 0. The number of benzene rings is 1. The highest BCUT2D eigenvalue weighted by Crippen LogP contribution is 2.24. The highest BCUT2D eigenvalue weighted by atomic mass is 35.5. The molecular formula is C13H9Cl2N3. The number of pyridine rings is 1. The molecule has 0 aliphatic carbocycles. The fraction of sp³-hybridized carbons (Fsp3) is 0.0769. The van der Waals surface area contributed by atoms with Crippen LogP contribution in [0.5, 0.6) is 0 Å². The van der Waals surface area contributed by atoms with Crippen LogP contribution >= 0.6 is 23.2 Å². The largest absolute Gasteiger partial charge is 0.283 e. The van der Waals surface area contributed by atoms with Gasteiger partial charge in [0.2, 0.25) is 0 Å². The molecule has 1 N–H and O–H groups in total. The number of hydrogen-bond donors (Lipinski definition) is 1. The Balaban J connectivity index is 2.66. The molecule has 0 saturated carbocycles. The quantitative estimate of drug-likeness (QED) is 0.627. The van der Waals surface area contributed by atoms with Crippen LogP contribution in [-0.2, 0) is 0 Å². The Labute approximate surface area is 113 Å². The summed E-state index contributed by atoms with van der Waals surface area (Å²) in [5.74, 6) is 0. The molecule has 0 aliphatic rings. The summed E-state index contributed by atoms with van der Waals surface area (Å²) in [6.45, 7) is 1.93. The first-order valence-electron chi connectivity index (χ1n) is 5.39. The molecule has 0 fully saturated rings. The molecule has 18 heavy (non-hydrogen) atoms. The van der Waals surface area contributed by atoms with Gasteiger partial charge in [0.25, 0.3) is 0 Å². The monoisotopic (exact) mass is 277 g/mol. The predicted molar refractivity (Wildman–Crippen MR) is 73.3 cm³/mol. The lowest BCUT2D eigenvalue weighted by atomic mass is 10.2. The topological polar surface area (TPSA) is 41.2 Å². The van der Waals surface area contributed by atoms with Gasteiger partial charge in [0, 0.05) is 10.7 Å². The van der Waals surface area contributed by atoms with E-state index in [2.05, 4.69) is 4.98 Å². The summed E-state index contributed by atoms with van der Waals surface area (Å²) >= 11 is 12.1. The van der Waals surface area contributed by atoms with Crippen LogP contribution in [0.3, 0.4) is 0 Å². The lowest BCUT2D eigenvalue weighted by Gasteiger charge is -2.09. The molecule has 2 heterocycles. The van der Waals surface area contributed by atoms with Crippen LogP contribution in [0.1, 0.15) is 5.69 Å². The molecule has 1 aromatic carbocycles. The molecule has 90 valence electrons. The molecule has 5 heteroatoms. The fourth-order valence-electron chi connectivity index (χ4n) is 2.10. The van der Waals surface area contributed by atoms with Crippen LogP contribution in [0.15, 0.2) is 30.3 Å². The van der Waals surface area contributed by atoms with E-state index in [1.807, 2.05) is 25.1 Å². The highest BCUT2D eigenvalue weighted by Gasteiger charge is 2.09. The van der Waals surface area contributed by atoms with Gasteiger partial charge < -0.3 is 0 Å². The van der Waals surface area contributed by atoms with Gasteiger partial charge in [-0.3, -0.25) is 9.81 Å². The second kappa shape index (κ2) is 3.97. The Morgan fingerprint density at radius 2 is 2.00 bits per heavy atom. The molecule has 0 atom stereocenters. The number of nitrogens with one attached hydrogen (secondary N) is 1. The SMILES string of the molecule is Cc1cccc2nc3cc(Cl)cc(Cl)c3c(=N)n12. The third kappa shape index (κ3) is 1.59. The molecule has 3 aromatic rings. The lowest BCUT2D eigenvalue weighted by molar-refractivity contribution is 0.958. The minimum Gasteiger partial charge on any atom is -0.283 e. The van der Waals surface area contributed by atoms with Crippen LogP contribution < -0.4 is 5.49 Å². The second-order valence-electron chi connectivity index (χ2n) is 4.10. The van der Waals surface area contributed by atoms with Crippen molar-refractivity contribution in [2.75, 3.05) is 0 Å². The maximum atomic E-state index is 8.28. The van der Waals surface area contributed by atoms with Crippen LogP contribution in [0, 0.1) is 12.3 Å². The van der Waals surface area contributed by atoms with E-state index in [1.54, 1.807) is 16.5 Å². The van der Waals surface area contributed by atoms with Gasteiger partial charge in [-0.15, -0.1) is 0 Å². The number of hydrogen-bond acceptors (Lipinski definition) is 2. The van der Waals surface area contributed by atoms with Gasteiger partial charge in [-0.05, 0) is 31.2 Å². The van der Waals surface area contributed by atoms with E-state index in [9.17, 15) is 0 Å². The van der Waals surface area contributed by atoms with Gasteiger partial charge in [0.1, 0.15) is 11.1 Å². The Morgan fingerprint density at radius 1 is 1.22 bits per heavy atom. The van der Waals surface area contributed by atoms with E-state index >= 15 is 0 Å². The molecule has 0 radical (unpaired) electrons. The summed E-state index contributed by atoms with van der Waals surface area (Å²) in [5, 5.41) is 9.87. The third-order valence-corrected chi connectivity index (χ3v) is 3.41. The average Bonchev–Trinajstić information content (AvgIpc) is 2.27. The fourth-order valence-corrected chi connectivity index (χ4v) is 2.67. The van der Waals surface area contributed by atoms with Gasteiger partial charge in [0.15, 0.2) is 0 Å². The smallest absolute Gasteiger partial charge is 0.141 e. The molecule has 0 unspecified atom stereocenters. The number of fused-ring (bicyclic) bond motifs is 2. The van der Waals surface area contributed by atoms with Gasteiger partial charge in [-0.2, -0.15) is 0 Å². The maximum Gasteiger partial charge on any atom is 0.141 e. The average molecular weight is 278 g/mol. The van der Waals surface area contributed by atoms with Crippen molar-refractivity contribution in [1.29, 1.82) is 5.41 Å². The third-order valence-electron chi connectivity index (χ3n) is 2.89. The summed E-state index contributed by atoms with van der Waals surface area (Å²) in [6.07, 6.45) is 0. The molecule has 0 amide bonds. The maximum absolute atomic E-state index is 8.28. The zero-order valence-corrected chi connectivity index (χ0v) is 11.0. The van der Waals surface area contributed by atoms with Gasteiger partial charge in [0.05, 0.1) is 15.9 Å². The van der Waals surface area contributed by atoms with Crippen molar-refractivity contribution in [1.82, 2.24) is 9.38 Å². The summed E-state index contributed by atoms with van der Waals surface area (Å²) in [4.78, 5) is 4.50. The van der Waals surface area contributed by atoms with Gasteiger partial charge in [-0.1, -0.05) is 29.3 Å². The molecule has 0 bridgehead atoms. The number of aromatic nitrogens is 2. The lowest BCUT2D eigenvalue weighted by Crippen LogP contribution is -2.17. The van der Waals surface area contributed by atoms with Crippen molar-refractivity contribution in [2.45, 2.75) is 6.92 Å². The molecule has 3 rings (SSSR count). The summed E-state index contributed by atoms with van der Waals surface area (Å²) in [6, 6.07) is 9.07. The first-order chi connectivity index (χ1) is 8.58. The van der Waals surface area contributed by atoms with Gasteiger partial charge in [-0.25, -0.2) is 4.98 Å². The minimum absolute atomic E-state index is 0.328. The summed E-state index contributed by atoms with van der Waals surface area (Å²) in [7, 11) is 0. The first kappa shape index (κ1) is 11.5. The zero-order chi connectivity index (χ0) is 12.9. The van der Waals surface area contributed by atoms with Crippen molar-refractivity contribution in [3.05, 3.63) is 51.6 Å². The van der Waals surface area contributed by atoms with Crippen molar-refractivity contribution >= 4 is 39.8 Å². The van der Waals surface area contributed by atoms with Gasteiger partial charge >= 0.3 is 0 Å². The Hall–Kier alpha value is -1.58. The van der Waals surface area contributed by atoms with Crippen LogP contribution in [0.25, 0.3) is 16.6 Å². The molecule has 0 saturated heterocycles. The Morgan fingerprint density at radius 3 is 2.78 bits per heavy atom. The Kier molecular flexibility index (Phi) is 2.54. The minimum atomic E-state index is 0.328. The van der Waals surface area contributed by atoms with Crippen LogP contribution in [-0.4, -0.2) is 9.38 Å². The Bertz CT molecular complexity index is 837. The van der Waals surface area contributed by atoms with E-state index in [1.165, 1.54) is 0 Å². The van der Waals surface area contributed by atoms with E-state index in [0.29, 0.717) is 32.1 Å². The molecule has 2 aromatic heterocycles. The zero-order valence-electron chi connectivity index (χ0n) is 9.54. The van der Waals surface area contributed by atoms with E-state index < -0.39 is 0 Å². The van der Waals surface area contributed by atoms with Crippen molar-refractivity contribution in [3.8, 4) is 0 Å². The highest BCUT2D eigenvalue weighted by molar-refractivity contribution is 6.38. The summed E-state index contributed by atoms with van der Waals surface area (Å²) < 4.78 is 1.77. The summed E-state index contributed by atoms with van der Waals surface area (Å²) in [5.41, 5.74) is 2.63. The van der Waals surface area contributed by atoms with Crippen molar-refractivity contribution in [3.63, 3.8) is 0 Å². The van der Waals surface area contributed by atoms with Crippen molar-refractivity contribution in [2.24, 2.45) is 0 Å². The molecule has 0 spiro atoms. The van der Waals surface area contributed by atoms with E-state index in [0.717, 1.165) is 5.69 Å². The van der Waals surface area contributed by atoms with Crippen LogP contribution in [0.2, 0.25) is 10.0 Å². The molecule has 3 nitrogen and oxygen atoms in total. The normalized spacial score (nSPS) is 11.3. The van der Waals surface area contributed by atoms with E-state index in [4.69, 9.17) is 28.6 Å².